The highest BCUT2D eigenvalue weighted by molar-refractivity contribution is 6.33. The van der Waals surface area contributed by atoms with Crippen molar-refractivity contribution in [3.63, 3.8) is 0 Å². The van der Waals surface area contributed by atoms with Crippen molar-refractivity contribution in [2.75, 3.05) is 31.1 Å². The van der Waals surface area contributed by atoms with Crippen molar-refractivity contribution in [2.45, 2.75) is 6.18 Å². The SMILES string of the molecule is O=C(c1nc2c(C(F)(F)F)cc(-c3ccoc3)cn2c1Cl)N1CCN(c2cccnc2)CC1. The molecule has 4 aromatic rings. The minimum absolute atomic E-state index is 0.166. The molecular weight excluding hydrogens is 459 g/mol. The summed E-state index contributed by atoms with van der Waals surface area (Å²) in [7, 11) is 0. The summed E-state index contributed by atoms with van der Waals surface area (Å²) in [6, 6.07) is 6.28. The van der Waals surface area contributed by atoms with Crippen LogP contribution in [-0.4, -0.2) is 51.4 Å². The van der Waals surface area contributed by atoms with E-state index >= 15 is 0 Å². The minimum Gasteiger partial charge on any atom is -0.472 e. The van der Waals surface area contributed by atoms with E-state index in [1.165, 1.54) is 18.7 Å². The highest BCUT2D eigenvalue weighted by atomic mass is 35.5. The Kier molecular flexibility index (Phi) is 5.24. The maximum Gasteiger partial charge on any atom is 0.420 e. The van der Waals surface area contributed by atoms with E-state index in [2.05, 4.69) is 14.9 Å². The Morgan fingerprint density at radius 3 is 2.55 bits per heavy atom. The molecule has 0 aromatic carbocycles. The second kappa shape index (κ2) is 8.11. The van der Waals surface area contributed by atoms with Crippen LogP contribution in [0, 0.1) is 0 Å². The lowest BCUT2D eigenvalue weighted by Gasteiger charge is -2.35. The standard InChI is InChI=1S/C22H17ClF3N5O2/c23-19-18(21(32)30-7-5-29(6-8-30)16-2-1-4-27-11-16)28-20-17(22(24,25)26)10-15(12-31(19)20)14-3-9-33-13-14/h1-4,9-13H,5-8H2. The number of carbonyl (C=O) groups is 1. The summed E-state index contributed by atoms with van der Waals surface area (Å²) in [5.74, 6) is -0.507. The molecule has 5 heterocycles. The van der Waals surface area contributed by atoms with E-state index in [9.17, 15) is 18.0 Å². The summed E-state index contributed by atoms with van der Waals surface area (Å²) in [6.07, 6.45) is 2.85. The molecule has 0 bridgehead atoms. The molecule has 0 spiro atoms. The lowest BCUT2D eigenvalue weighted by atomic mass is 10.1. The number of hydrogen-bond donors (Lipinski definition) is 0. The van der Waals surface area contributed by atoms with Crippen molar-refractivity contribution < 1.29 is 22.4 Å². The fourth-order valence-electron chi connectivity index (χ4n) is 3.91. The lowest BCUT2D eigenvalue weighted by Crippen LogP contribution is -2.49. The quantitative estimate of drug-likeness (QED) is 0.432. The number of pyridine rings is 2. The number of amides is 1. The number of furan rings is 1. The molecule has 33 heavy (non-hydrogen) atoms. The van der Waals surface area contributed by atoms with Gasteiger partial charge in [0, 0.05) is 49.7 Å². The second-order valence-electron chi connectivity index (χ2n) is 7.59. The fourth-order valence-corrected chi connectivity index (χ4v) is 4.16. The molecule has 11 heteroatoms. The van der Waals surface area contributed by atoms with Gasteiger partial charge in [0.25, 0.3) is 5.91 Å². The van der Waals surface area contributed by atoms with Gasteiger partial charge in [-0.25, -0.2) is 4.98 Å². The molecule has 1 aliphatic rings. The average molecular weight is 476 g/mol. The van der Waals surface area contributed by atoms with Gasteiger partial charge in [0.1, 0.15) is 5.15 Å². The highest BCUT2D eigenvalue weighted by Crippen LogP contribution is 2.37. The Morgan fingerprint density at radius 1 is 1.12 bits per heavy atom. The molecule has 1 saturated heterocycles. The van der Waals surface area contributed by atoms with Gasteiger partial charge in [0.15, 0.2) is 11.3 Å². The first-order valence-electron chi connectivity index (χ1n) is 10.1. The molecule has 0 radical (unpaired) electrons. The summed E-state index contributed by atoms with van der Waals surface area (Å²) in [6.45, 7) is 1.87. The lowest BCUT2D eigenvalue weighted by molar-refractivity contribution is -0.136. The summed E-state index contributed by atoms with van der Waals surface area (Å²) in [5, 5.41) is -0.166. The van der Waals surface area contributed by atoms with Crippen LogP contribution in [0.1, 0.15) is 16.1 Å². The number of piperazine rings is 1. The maximum absolute atomic E-state index is 13.8. The van der Waals surface area contributed by atoms with Crippen LogP contribution in [0.5, 0.6) is 0 Å². The van der Waals surface area contributed by atoms with E-state index in [1.807, 2.05) is 12.1 Å². The Labute approximate surface area is 191 Å². The zero-order valence-electron chi connectivity index (χ0n) is 17.1. The number of imidazole rings is 1. The Bertz CT molecular complexity index is 1300. The van der Waals surface area contributed by atoms with E-state index in [4.69, 9.17) is 16.0 Å². The van der Waals surface area contributed by atoms with Crippen molar-refractivity contribution in [1.29, 1.82) is 0 Å². The van der Waals surface area contributed by atoms with Crippen LogP contribution in [0.25, 0.3) is 16.8 Å². The molecule has 4 aromatic heterocycles. The van der Waals surface area contributed by atoms with Gasteiger partial charge in [0.05, 0.1) is 30.0 Å². The van der Waals surface area contributed by atoms with Crippen molar-refractivity contribution >= 4 is 28.8 Å². The largest absolute Gasteiger partial charge is 0.472 e. The van der Waals surface area contributed by atoms with E-state index < -0.39 is 23.3 Å². The van der Waals surface area contributed by atoms with Crippen LogP contribution in [0.15, 0.2) is 59.8 Å². The first-order valence-corrected chi connectivity index (χ1v) is 10.5. The molecule has 1 aliphatic heterocycles. The van der Waals surface area contributed by atoms with Gasteiger partial charge in [-0.05, 0) is 24.3 Å². The van der Waals surface area contributed by atoms with Gasteiger partial charge < -0.3 is 14.2 Å². The Balaban J connectivity index is 1.47. The minimum atomic E-state index is -4.69. The topological polar surface area (TPSA) is 66.9 Å². The number of nitrogens with zero attached hydrogens (tertiary/aromatic N) is 5. The van der Waals surface area contributed by atoms with Crippen LogP contribution >= 0.6 is 11.6 Å². The number of aromatic nitrogens is 3. The first kappa shape index (κ1) is 21.3. The number of fused-ring (bicyclic) bond motifs is 1. The van der Waals surface area contributed by atoms with Crippen molar-refractivity contribution in [1.82, 2.24) is 19.3 Å². The van der Waals surface area contributed by atoms with E-state index in [-0.39, 0.29) is 16.4 Å². The van der Waals surface area contributed by atoms with Crippen LogP contribution in [-0.2, 0) is 6.18 Å². The normalized spacial score (nSPS) is 14.8. The summed E-state index contributed by atoms with van der Waals surface area (Å²) in [5.41, 5.74) is 0.0254. The van der Waals surface area contributed by atoms with E-state index in [0.29, 0.717) is 31.7 Å². The number of rotatable bonds is 3. The second-order valence-corrected chi connectivity index (χ2v) is 7.95. The average Bonchev–Trinajstić information content (AvgIpc) is 3.47. The predicted molar refractivity (Wildman–Crippen MR) is 115 cm³/mol. The van der Waals surface area contributed by atoms with E-state index in [0.717, 1.165) is 16.2 Å². The van der Waals surface area contributed by atoms with Crippen LogP contribution in [0.4, 0.5) is 18.9 Å². The third kappa shape index (κ3) is 3.91. The number of anilines is 1. The third-order valence-electron chi connectivity index (χ3n) is 5.60. The molecule has 0 saturated carbocycles. The molecule has 1 amide bonds. The van der Waals surface area contributed by atoms with Gasteiger partial charge in [-0.2, -0.15) is 13.2 Å². The molecule has 0 aliphatic carbocycles. The van der Waals surface area contributed by atoms with Crippen molar-refractivity contribution in [3.05, 3.63) is 71.8 Å². The number of alkyl halides is 3. The molecule has 0 N–H and O–H groups in total. The van der Waals surface area contributed by atoms with Crippen molar-refractivity contribution in [3.8, 4) is 11.1 Å². The van der Waals surface area contributed by atoms with Gasteiger partial charge in [-0.3, -0.25) is 14.2 Å². The van der Waals surface area contributed by atoms with Gasteiger partial charge in [-0.15, -0.1) is 0 Å². The molecule has 5 rings (SSSR count). The summed E-state index contributed by atoms with van der Waals surface area (Å²) in [4.78, 5) is 24.9. The van der Waals surface area contributed by atoms with Crippen LogP contribution in [0.3, 0.4) is 0 Å². The monoisotopic (exact) mass is 475 g/mol. The molecule has 1 fully saturated rings. The Hall–Kier alpha value is -3.53. The smallest absolute Gasteiger partial charge is 0.420 e. The maximum atomic E-state index is 13.8. The number of hydrogen-bond acceptors (Lipinski definition) is 5. The molecule has 7 nitrogen and oxygen atoms in total. The molecule has 170 valence electrons. The number of halogens is 4. The predicted octanol–water partition coefficient (Wildman–Crippen LogP) is 4.62. The Morgan fingerprint density at radius 2 is 1.91 bits per heavy atom. The van der Waals surface area contributed by atoms with E-state index in [1.54, 1.807) is 23.4 Å². The van der Waals surface area contributed by atoms with Crippen LogP contribution in [0.2, 0.25) is 5.15 Å². The van der Waals surface area contributed by atoms with Crippen LogP contribution < -0.4 is 4.90 Å². The fraction of sp³-hybridized carbons (Fsp3) is 0.227. The number of carbonyl (C=O) groups excluding carboxylic acids is 1. The third-order valence-corrected chi connectivity index (χ3v) is 5.96. The molecule has 0 atom stereocenters. The van der Waals surface area contributed by atoms with Crippen molar-refractivity contribution in [2.24, 2.45) is 0 Å². The summed E-state index contributed by atoms with van der Waals surface area (Å²) < 4.78 is 47.5. The molecule has 0 unspecified atom stereocenters. The van der Waals surface area contributed by atoms with Gasteiger partial charge >= 0.3 is 6.18 Å². The zero-order chi connectivity index (χ0) is 23.2. The highest BCUT2D eigenvalue weighted by Gasteiger charge is 2.37. The van der Waals surface area contributed by atoms with Gasteiger partial charge in [0.2, 0.25) is 0 Å². The molecular formula is C22H17ClF3N5O2. The zero-order valence-corrected chi connectivity index (χ0v) is 17.8. The summed E-state index contributed by atoms with van der Waals surface area (Å²) >= 11 is 6.39. The first-order chi connectivity index (χ1) is 15.8. The van der Waals surface area contributed by atoms with Gasteiger partial charge in [-0.1, -0.05) is 11.6 Å².